The van der Waals surface area contributed by atoms with Crippen LogP contribution in [0.1, 0.15) is 37.8 Å². The van der Waals surface area contributed by atoms with E-state index in [0.29, 0.717) is 22.9 Å². The summed E-state index contributed by atoms with van der Waals surface area (Å²) in [6.07, 6.45) is 4.93. The third-order valence-electron chi connectivity index (χ3n) is 5.61. The molecule has 0 aliphatic carbocycles. The lowest BCUT2D eigenvalue weighted by Crippen LogP contribution is -2.28. The summed E-state index contributed by atoms with van der Waals surface area (Å²) in [5.74, 6) is -1.62. The fourth-order valence-electron chi connectivity index (χ4n) is 3.68. The predicted molar refractivity (Wildman–Crippen MR) is 150 cm³/mol. The first-order valence-corrected chi connectivity index (χ1v) is 11.9. The van der Waals surface area contributed by atoms with E-state index in [1.807, 2.05) is 0 Å². The number of aliphatic imine (C=N–C) groups is 1. The molecule has 0 aliphatic rings. The number of nitrogens with two attached hydrogens (primary N) is 3. The summed E-state index contributed by atoms with van der Waals surface area (Å²) in [6.45, 7) is -0.0419. The van der Waals surface area contributed by atoms with E-state index in [2.05, 4.69) is 26.3 Å². The molecule has 3 aromatic heterocycles. The number of carbonyl (C=O) groups excluding carboxylic acids is 4. The van der Waals surface area contributed by atoms with Gasteiger partial charge >= 0.3 is 0 Å². The molecule has 16 heteroatoms. The number of aryl methyl sites for hydroxylation is 3. The van der Waals surface area contributed by atoms with Gasteiger partial charge in [-0.15, -0.1) is 0 Å². The van der Waals surface area contributed by atoms with E-state index in [-0.39, 0.29) is 48.5 Å². The number of amidine groups is 1. The van der Waals surface area contributed by atoms with Crippen molar-refractivity contribution in [1.82, 2.24) is 19.0 Å². The Morgan fingerprint density at radius 1 is 0.800 bits per heavy atom. The number of rotatable bonds is 11. The van der Waals surface area contributed by atoms with E-state index in [1.54, 1.807) is 47.2 Å². The number of guanidine groups is 1. The molecule has 0 aliphatic heterocycles. The fraction of sp³-hybridized carbons (Fsp3) is 0.250. The first-order chi connectivity index (χ1) is 18.8. The number of aromatic nitrogens is 3. The smallest absolute Gasteiger partial charge is 0.272 e. The lowest BCUT2D eigenvalue weighted by atomic mass is 10.3. The third-order valence-corrected chi connectivity index (χ3v) is 5.61. The van der Waals surface area contributed by atoms with Crippen LogP contribution in [0, 0.1) is 5.41 Å². The fourth-order valence-corrected chi connectivity index (χ4v) is 3.68. The molecular weight excluding hydrogens is 520 g/mol. The number of hydrogen-bond acceptors (Lipinski definition) is 6. The van der Waals surface area contributed by atoms with Crippen LogP contribution in [0.3, 0.4) is 0 Å². The summed E-state index contributed by atoms with van der Waals surface area (Å²) in [4.78, 5) is 53.7. The highest BCUT2D eigenvalue weighted by atomic mass is 16.2. The van der Waals surface area contributed by atoms with Gasteiger partial charge in [0.1, 0.15) is 23.8 Å². The van der Waals surface area contributed by atoms with Gasteiger partial charge in [0.05, 0.1) is 22.8 Å². The molecular formula is C24H32N12O4. The van der Waals surface area contributed by atoms with E-state index in [9.17, 15) is 19.2 Å². The van der Waals surface area contributed by atoms with Crippen LogP contribution in [0.25, 0.3) is 0 Å². The van der Waals surface area contributed by atoms with E-state index in [1.165, 1.54) is 24.4 Å². The van der Waals surface area contributed by atoms with Crippen LogP contribution in [0.2, 0.25) is 0 Å². The van der Waals surface area contributed by atoms with Crippen LogP contribution in [-0.4, -0.2) is 62.2 Å². The standard InChI is InChI=1S/C24H32N12O4/c1-34-12-15(7-16(34)22(39)29-5-4-18(25)26)32-23(40)17-8-14(11-35(17)2)31-21(38)13-6-19(36(3)10-13)33-20(37)9-30-24(27)28/h6-8,10-12H,4-5,9H2,1-3H3,(H3,25,26)(H,29,39)(H,31,38)(H,32,40)(H,33,37)(H4,27,28,30). The van der Waals surface area contributed by atoms with Crippen LogP contribution in [0.5, 0.6) is 0 Å². The third kappa shape index (κ3) is 7.50. The van der Waals surface area contributed by atoms with Crippen molar-refractivity contribution in [1.29, 1.82) is 5.41 Å². The topological polar surface area (TPSA) is 245 Å². The van der Waals surface area contributed by atoms with Crippen LogP contribution >= 0.6 is 0 Å². The molecule has 3 heterocycles. The SMILES string of the molecule is Cn1cc(C(=O)Nc2cc(C(=O)Nc3cc(C(=O)NCCC(=N)N)n(C)c3)n(C)c2)cc1NC(=O)CN=C(N)N. The van der Waals surface area contributed by atoms with Gasteiger partial charge in [-0.25, -0.2) is 4.99 Å². The van der Waals surface area contributed by atoms with Gasteiger partial charge in [0.15, 0.2) is 5.96 Å². The summed E-state index contributed by atoms with van der Waals surface area (Å²) in [5, 5.41) is 18.0. The van der Waals surface area contributed by atoms with E-state index < -0.39 is 17.7 Å². The second-order valence-electron chi connectivity index (χ2n) is 8.90. The Kier molecular flexibility index (Phi) is 8.95. The average molecular weight is 553 g/mol. The molecule has 0 spiro atoms. The highest BCUT2D eigenvalue weighted by Gasteiger charge is 2.18. The number of nitrogens with zero attached hydrogens (tertiary/aromatic N) is 4. The maximum atomic E-state index is 12.9. The maximum Gasteiger partial charge on any atom is 0.272 e. The van der Waals surface area contributed by atoms with Gasteiger partial charge in [0.25, 0.3) is 17.7 Å². The molecule has 4 amide bonds. The average Bonchev–Trinajstić information content (AvgIpc) is 3.53. The van der Waals surface area contributed by atoms with Crippen molar-refractivity contribution in [3.05, 3.63) is 53.7 Å². The van der Waals surface area contributed by atoms with Crippen molar-refractivity contribution >= 4 is 52.6 Å². The normalized spacial score (nSPS) is 10.5. The highest BCUT2D eigenvalue weighted by molar-refractivity contribution is 6.08. The van der Waals surface area contributed by atoms with Gasteiger partial charge in [0, 0.05) is 52.7 Å². The Morgan fingerprint density at radius 2 is 1.38 bits per heavy atom. The molecule has 0 bridgehead atoms. The first kappa shape index (κ1) is 29.0. The molecule has 0 saturated heterocycles. The second-order valence-corrected chi connectivity index (χ2v) is 8.90. The van der Waals surface area contributed by atoms with Gasteiger partial charge in [-0.3, -0.25) is 24.6 Å². The summed E-state index contributed by atoms with van der Waals surface area (Å²) >= 11 is 0. The number of amides is 4. The molecule has 0 aromatic carbocycles. The molecule has 3 aromatic rings. The predicted octanol–water partition coefficient (Wildman–Crippen LogP) is -0.526. The molecule has 0 fully saturated rings. The van der Waals surface area contributed by atoms with E-state index in [0.717, 1.165) is 0 Å². The number of carbonyl (C=O) groups is 4. The second kappa shape index (κ2) is 12.3. The minimum absolute atomic E-state index is 0.0312. The number of nitrogens with one attached hydrogen (secondary N) is 5. The van der Waals surface area contributed by atoms with Gasteiger partial charge in [0.2, 0.25) is 5.91 Å². The molecule has 0 atom stereocenters. The van der Waals surface area contributed by atoms with Crippen LogP contribution in [0.4, 0.5) is 17.2 Å². The maximum absolute atomic E-state index is 12.9. The zero-order valence-electron chi connectivity index (χ0n) is 22.2. The van der Waals surface area contributed by atoms with Crippen molar-refractivity contribution in [2.45, 2.75) is 6.42 Å². The quantitative estimate of drug-likeness (QED) is 0.114. The Balaban J connectivity index is 1.63. The summed E-state index contributed by atoms with van der Waals surface area (Å²) in [6, 6.07) is 4.52. The lowest BCUT2D eigenvalue weighted by molar-refractivity contribution is -0.114. The van der Waals surface area contributed by atoms with Crippen LogP contribution < -0.4 is 38.5 Å². The van der Waals surface area contributed by atoms with E-state index in [4.69, 9.17) is 22.6 Å². The Bertz CT molecular complexity index is 1490. The highest BCUT2D eigenvalue weighted by Crippen LogP contribution is 2.19. The summed E-state index contributed by atoms with van der Waals surface area (Å²) < 4.78 is 4.67. The molecule has 0 unspecified atom stereocenters. The number of hydrogen-bond donors (Lipinski definition) is 8. The van der Waals surface area contributed by atoms with Crippen LogP contribution in [0.15, 0.2) is 41.8 Å². The molecule has 40 heavy (non-hydrogen) atoms. The van der Waals surface area contributed by atoms with E-state index >= 15 is 0 Å². The van der Waals surface area contributed by atoms with Crippen molar-refractivity contribution in [2.24, 2.45) is 43.3 Å². The molecule has 3 rings (SSSR count). The van der Waals surface area contributed by atoms with Gasteiger partial charge in [-0.2, -0.15) is 0 Å². The number of anilines is 3. The molecule has 0 saturated carbocycles. The minimum atomic E-state index is -0.459. The van der Waals surface area contributed by atoms with Gasteiger partial charge in [-0.1, -0.05) is 0 Å². The first-order valence-electron chi connectivity index (χ1n) is 11.9. The molecule has 0 radical (unpaired) electrons. The minimum Gasteiger partial charge on any atom is -0.388 e. The summed E-state index contributed by atoms with van der Waals surface area (Å²) in [7, 11) is 4.97. The zero-order valence-corrected chi connectivity index (χ0v) is 22.2. The monoisotopic (exact) mass is 552 g/mol. The van der Waals surface area contributed by atoms with Crippen molar-refractivity contribution in [3.63, 3.8) is 0 Å². The van der Waals surface area contributed by atoms with Crippen molar-refractivity contribution < 1.29 is 19.2 Å². The van der Waals surface area contributed by atoms with Gasteiger partial charge < -0.3 is 52.2 Å². The molecule has 212 valence electrons. The largest absolute Gasteiger partial charge is 0.388 e. The summed E-state index contributed by atoms with van der Waals surface area (Å²) in [5.41, 5.74) is 17.4. The van der Waals surface area contributed by atoms with Crippen molar-refractivity contribution in [3.8, 4) is 0 Å². The molecule has 16 nitrogen and oxygen atoms in total. The Morgan fingerprint density at radius 3 is 1.95 bits per heavy atom. The van der Waals surface area contributed by atoms with Gasteiger partial charge in [-0.05, 0) is 18.2 Å². The Labute approximate surface area is 229 Å². The Hall–Kier alpha value is -5.54. The van der Waals surface area contributed by atoms with Crippen molar-refractivity contribution in [2.75, 3.05) is 29.0 Å². The zero-order chi connectivity index (χ0) is 29.6. The molecule has 11 N–H and O–H groups in total. The lowest BCUT2D eigenvalue weighted by Gasteiger charge is -2.04. The van der Waals surface area contributed by atoms with Crippen LogP contribution in [-0.2, 0) is 25.9 Å².